The normalized spacial score (nSPS) is 10.9. The van der Waals surface area contributed by atoms with Gasteiger partial charge in [0.15, 0.2) is 9.84 Å². The topological polar surface area (TPSA) is 96.3 Å². The summed E-state index contributed by atoms with van der Waals surface area (Å²) >= 11 is 6.20. The lowest BCUT2D eigenvalue weighted by Crippen LogP contribution is -2.14. The number of hydrogen-bond donors (Lipinski definition) is 1. The van der Waals surface area contributed by atoms with Crippen LogP contribution in [0.3, 0.4) is 0 Å². The summed E-state index contributed by atoms with van der Waals surface area (Å²) in [7, 11) is -3.30. The van der Waals surface area contributed by atoms with Crippen LogP contribution in [-0.2, 0) is 21.1 Å². The van der Waals surface area contributed by atoms with Crippen LogP contribution in [0.5, 0.6) is 11.5 Å². The highest BCUT2D eigenvalue weighted by Crippen LogP contribution is 2.37. The number of halogens is 1. The molecule has 1 N–H and O–H groups in total. The summed E-state index contributed by atoms with van der Waals surface area (Å²) in [5.41, 5.74) is 3.12. The molecule has 0 saturated carbocycles. The van der Waals surface area contributed by atoms with Gasteiger partial charge in [0.25, 0.3) is 0 Å². The van der Waals surface area contributed by atoms with Crippen molar-refractivity contribution >= 4 is 33.0 Å². The Balaban J connectivity index is 1.60. The third-order valence-electron chi connectivity index (χ3n) is 5.66. The highest BCUT2D eigenvalue weighted by Gasteiger charge is 2.14. The van der Waals surface area contributed by atoms with Crippen molar-refractivity contribution < 1.29 is 17.9 Å². The zero-order chi connectivity index (χ0) is 26.4. The van der Waals surface area contributed by atoms with E-state index in [1.54, 1.807) is 67.6 Å². The first-order chi connectivity index (χ1) is 17.8. The fourth-order valence-electron chi connectivity index (χ4n) is 3.72. The zero-order valence-electron chi connectivity index (χ0n) is 19.9. The molecule has 0 aliphatic rings. The number of carbonyl (C=O) groups is 1. The highest BCUT2D eigenvalue weighted by molar-refractivity contribution is 7.91. The van der Waals surface area contributed by atoms with E-state index in [-0.39, 0.29) is 23.0 Å². The predicted octanol–water partition coefficient (Wildman–Crippen LogP) is 6.65. The van der Waals surface area contributed by atoms with Gasteiger partial charge in [-0.25, -0.2) is 8.42 Å². The number of para-hydroxylation sites is 1. The van der Waals surface area contributed by atoms with Crippen LogP contribution in [0.1, 0.15) is 18.1 Å². The molecule has 37 heavy (non-hydrogen) atoms. The van der Waals surface area contributed by atoms with Gasteiger partial charge in [-0.05, 0) is 59.7 Å². The van der Waals surface area contributed by atoms with E-state index in [0.29, 0.717) is 33.3 Å². The Labute approximate surface area is 221 Å². The van der Waals surface area contributed by atoms with Gasteiger partial charge in [-0.1, -0.05) is 54.9 Å². The minimum Gasteiger partial charge on any atom is -0.455 e. The lowest BCUT2D eigenvalue weighted by atomic mass is 10.0. The molecule has 0 atom stereocenters. The second kappa shape index (κ2) is 11.3. The Morgan fingerprint density at radius 1 is 0.946 bits per heavy atom. The van der Waals surface area contributed by atoms with Crippen LogP contribution in [0.15, 0.2) is 95.9 Å². The third-order valence-corrected chi connectivity index (χ3v) is 7.64. The van der Waals surface area contributed by atoms with Gasteiger partial charge in [0, 0.05) is 22.3 Å². The lowest BCUT2D eigenvalue weighted by molar-refractivity contribution is -0.115. The molecule has 0 saturated heterocycles. The van der Waals surface area contributed by atoms with Crippen molar-refractivity contribution in [2.75, 3.05) is 11.1 Å². The molecule has 0 bridgehead atoms. The standard InChI is InChI=1S/C29H23ClN2O4S/c1-2-37(34,35)25-13-10-20(11-14-25)16-29(33)32-24-12-15-26(21-7-5-8-23(30)17-21)28(18-24)36-27-9-4-3-6-22(27)19-31/h3-15,17-18H,2,16H2,1H3,(H,32,33). The van der Waals surface area contributed by atoms with Crippen LogP contribution in [0.25, 0.3) is 11.1 Å². The van der Waals surface area contributed by atoms with Crippen molar-refractivity contribution in [1.82, 2.24) is 0 Å². The number of rotatable bonds is 8. The van der Waals surface area contributed by atoms with Crippen molar-refractivity contribution in [2.24, 2.45) is 0 Å². The minimum atomic E-state index is -3.30. The Kier molecular flexibility index (Phi) is 7.92. The molecule has 4 aromatic carbocycles. The number of nitrogens with zero attached hydrogens (tertiary/aromatic N) is 1. The highest BCUT2D eigenvalue weighted by atomic mass is 35.5. The zero-order valence-corrected chi connectivity index (χ0v) is 21.5. The molecule has 0 radical (unpaired) electrons. The van der Waals surface area contributed by atoms with Crippen LogP contribution < -0.4 is 10.1 Å². The van der Waals surface area contributed by atoms with Crippen LogP contribution in [0.4, 0.5) is 5.69 Å². The second-order valence-electron chi connectivity index (χ2n) is 8.20. The number of amides is 1. The monoisotopic (exact) mass is 530 g/mol. The van der Waals surface area contributed by atoms with Gasteiger partial charge in [-0.3, -0.25) is 4.79 Å². The summed E-state index contributed by atoms with van der Waals surface area (Å²) in [6, 6.07) is 27.9. The Morgan fingerprint density at radius 2 is 1.70 bits per heavy atom. The average molecular weight is 531 g/mol. The number of nitriles is 1. The largest absolute Gasteiger partial charge is 0.455 e. The van der Waals surface area contributed by atoms with Gasteiger partial charge < -0.3 is 10.1 Å². The number of anilines is 1. The molecule has 4 aromatic rings. The number of sulfone groups is 1. The minimum absolute atomic E-state index is 0.0151. The van der Waals surface area contributed by atoms with Gasteiger partial charge in [-0.15, -0.1) is 0 Å². The molecule has 1 amide bonds. The summed E-state index contributed by atoms with van der Waals surface area (Å²) in [4.78, 5) is 13.0. The van der Waals surface area contributed by atoms with E-state index in [2.05, 4.69) is 11.4 Å². The van der Waals surface area contributed by atoms with Crippen molar-refractivity contribution in [3.05, 3.63) is 107 Å². The van der Waals surface area contributed by atoms with Crippen molar-refractivity contribution in [3.8, 4) is 28.7 Å². The molecule has 6 nitrogen and oxygen atoms in total. The Bertz CT molecular complexity index is 1590. The van der Waals surface area contributed by atoms with E-state index >= 15 is 0 Å². The van der Waals surface area contributed by atoms with Crippen LogP contribution in [0.2, 0.25) is 5.02 Å². The van der Waals surface area contributed by atoms with Crippen molar-refractivity contribution in [2.45, 2.75) is 18.2 Å². The quantitative estimate of drug-likeness (QED) is 0.275. The molecular formula is C29H23ClN2O4S. The van der Waals surface area contributed by atoms with Gasteiger partial charge >= 0.3 is 0 Å². The predicted molar refractivity (Wildman–Crippen MR) is 145 cm³/mol. The van der Waals surface area contributed by atoms with Crippen molar-refractivity contribution in [1.29, 1.82) is 5.26 Å². The molecule has 0 unspecified atom stereocenters. The maximum atomic E-state index is 12.8. The van der Waals surface area contributed by atoms with Crippen LogP contribution in [-0.4, -0.2) is 20.1 Å². The maximum Gasteiger partial charge on any atom is 0.228 e. The summed E-state index contributed by atoms with van der Waals surface area (Å²) < 4.78 is 30.2. The fraction of sp³-hybridized carbons (Fsp3) is 0.103. The van der Waals surface area contributed by atoms with E-state index in [1.807, 2.05) is 18.2 Å². The Hall–Kier alpha value is -4.12. The average Bonchev–Trinajstić information content (AvgIpc) is 2.89. The molecule has 0 aliphatic carbocycles. The molecule has 0 heterocycles. The molecular weight excluding hydrogens is 508 g/mol. The second-order valence-corrected chi connectivity index (χ2v) is 10.9. The molecule has 4 rings (SSSR count). The number of hydrogen-bond acceptors (Lipinski definition) is 5. The SMILES string of the molecule is CCS(=O)(=O)c1ccc(CC(=O)Nc2ccc(-c3cccc(Cl)c3)c(Oc3ccccc3C#N)c2)cc1. The maximum absolute atomic E-state index is 12.8. The van der Waals surface area contributed by atoms with E-state index in [1.165, 1.54) is 12.1 Å². The summed E-state index contributed by atoms with van der Waals surface area (Å²) in [6.07, 6.45) is 0.0654. The van der Waals surface area contributed by atoms with E-state index in [4.69, 9.17) is 16.3 Å². The first kappa shape index (κ1) is 26.0. The van der Waals surface area contributed by atoms with Crippen LogP contribution >= 0.6 is 11.6 Å². The number of carbonyl (C=O) groups excluding carboxylic acids is 1. The first-order valence-electron chi connectivity index (χ1n) is 11.5. The smallest absolute Gasteiger partial charge is 0.228 e. The summed E-state index contributed by atoms with van der Waals surface area (Å²) in [6.45, 7) is 1.59. The fourth-order valence-corrected chi connectivity index (χ4v) is 4.79. The molecule has 0 spiro atoms. The number of ether oxygens (including phenoxy) is 1. The molecule has 0 aromatic heterocycles. The van der Waals surface area contributed by atoms with Gasteiger partial charge in [-0.2, -0.15) is 5.26 Å². The molecule has 186 valence electrons. The van der Waals surface area contributed by atoms with E-state index < -0.39 is 9.84 Å². The van der Waals surface area contributed by atoms with Gasteiger partial charge in [0.2, 0.25) is 5.91 Å². The first-order valence-corrected chi connectivity index (χ1v) is 13.5. The lowest BCUT2D eigenvalue weighted by Gasteiger charge is -2.15. The van der Waals surface area contributed by atoms with Gasteiger partial charge in [0.05, 0.1) is 22.6 Å². The van der Waals surface area contributed by atoms with Gasteiger partial charge in [0.1, 0.15) is 17.6 Å². The molecule has 0 aliphatic heterocycles. The van der Waals surface area contributed by atoms with Crippen molar-refractivity contribution in [3.63, 3.8) is 0 Å². The van der Waals surface area contributed by atoms with E-state index in [9.17, 15) is 18.5 Å². The number of nitrogens with one attached hydrogen (secondary N) is 1. The Morgan fingerprint density at radius 3 is 2.41 bits per heavy atom. The van der Waals surface area contributed by atoms with Crippen LogP contribution in [0, 0.1) is 11.3 Å². The molecule has 0 fully saturated rings. The summed E-state index contributed by atoms with van der Waals surface area (Å²) in [5.74, 6) is 0.571. The van der Waals surface area contributed by atoms with E-state index in [0.717, 1.165) is 11.1 Å². The summed E-state index contributed by atoms with van der Waals surface area (Å²) in [5, 5.41) is 12.9. The number of benzene rings is 4. The molecule has 8 heteroatoms. The third kappa shape index (κ3) is 6.36.